The van der Waals surface area contributed by atoms with Gasteiger partial charge in [-0.25, -0.2) is 0 Å². The number of carbonyl (C=O) groups excluding carboxylic acids is 1. The van der Waals surface area contributed by atoms with Crippen LogP contribution in [-0.4, -0.2) is 18.6 Å². The first-order valence-corrected chi connectivity index (χ1v) is 5.88. The van der Waals surface area contributed by atoms with Gasteiger partial charge in [0.25, 0.3) is 5.91 Å². The standard InChI is InChI=1S/C11H14Cl2N2O2/c1-3-17-6(2)11(16)15-10-8(12)4-7(14)5-9(10)13/h4-6H,3,14H2,1-2H3,(H,15,16). The van der Waals surface area contributed by atoms with Crippen LogP contribution in [0.5, 0.6) is 0 Å². The average molecular weight is 277 g/mol. The van der Waals surface area contributed by atoms with Crippen molar-refractivity contribution in [2.75, 3.05) is 17.7 Å². The van der Waals surface area contributed by atoms with E-state index >= 15 is 0 Å². The van der Waals surface area contributed by atoms with Crippen molar-refractivity contribution >= 4 is 40.5 Å². The number of halogens is 2. The monoisotopic (exact) mass is 276 g/mol. The lowest BCUT2D eigenvalue weighted by Crippen LogP contribution is -2.27. The van der Waals surface area contributed by atoms with E-state index in [0.29, 0.717) is 28.0 Å². The molecule has 3 N–H and O–H groups in total. The molecule has 1 atom stereocenters. The van der Waals surface area contributed by atoms with Crippen molar-refractivity contribution in [3.8, 4) is 0 Å². The molecule has 0 saturated carbocycles. The van der Waals surface area contributed by atoms with Gasteiger partial charge in [0.2, 0.25) is 0 Å². The summed E-state index contributed by atoms with van der Waals surface area (Å²) in [6, 6.07) is 3.04. The first kappa shape index (κ1) is 14.1. The summed E-state index contributed by atoms with van der Waals surface area (Å²) in [6.45, 7) is 3.92. The summed E-state index contributed by atoms with van der Waals surface area (Å²) >= 11 is 11.9. The second kappa shape index (κ2) is 6.10. The molecule has 0 heterocycles. The van der Waals surface area contributed by atoms with Crippen LogP contribution < -0.4 is 11.1 Å². The van der Waals surface area contributed by atoms with Gasteiger partial charge >= 0.3 is 0 Å². The molecule has 1 unspecified atom stereocenters. The molecule has 0 bridgehead atoms. The SMILES string of the molecule is CCOC(C)C(=O)Nc1c(Cl)cc(N)cc1Cl. The average Bonchev–Trinajstić information content (AvgIpc) is 2.23. The number of carbonyl (C=O) groups is 1. The molecule has 0 aromatic heterocycles. The number of hydrogen-bond donors (Lipinski definition) is 2. The van der Waals surface area contributed by atoms with Crippen LogP contribution in [0.2, 0.25) is 10.0 Å². The molecule has 94 valence electrons. The lowest BCUT2D eigenvalue weighted by atomic mass is 10.2. The van der Waals surface area contributed by atoms with Crippen molar-refractivity contribution in [3.63, 3.8) is 0 Å². The smallest absolute Gasteiger partial charge is 0.253 e. The molecule has 0 radical (unpaired) electrons. The summed E-state index contributed by atoms with van der Waals surface area (Å²) < 4.78 is 5.16. The van der Waals surface area contributed by atoms with E-state index in [9.17, 15) is 4.79 Å². The van der Waals surface area contributed by atoms with Gasteiger partial charge in [-0.1, -0.05) is 23.2 Å². The molecule has 0 aliphatic rings. The first-order chi connectivity index (χ1) is 7.95. The minimum Gasteiger partial charge on any atom is -0.399 e. The number of hydrogen-bond acceptors (Lipinski definition) is 3. The molecule has 0 aliphatic heterocycles. The first-order valence-electron chi connectivity index (χ1n) is 5.12. The maximum atomic E-state index is 11.7. The fraction of sp³-hybridized carbons (Fsp3) is 0.364. The van der Waals surface area contributed by atoms with Crippen molar-refractivity contribution in [2.45, 2.75) is 20.0 Å². The summed E-state index contributed by atoms with van der Waals surface area (Å²) in [6.07, 6.45) is -0.565. The van der Waals surface area contributed by atoms with Crippen LogP contribution in [0, 0.1) is 0 Å². The number of rotatable bonds is 4. The van der Waals surface area contributed by atoms with Crippen LogP contribution in [0.3, 0.4) is 0 Å². The van der Waals surface area contributed by atoms with Crippen LogP contribution in [0.15, 0.2) is 12.1 Å². The molecule has 17 heavy (non-hydrogen) atoms. The van der Waals surface area contributed by atoms with E-state index in [1.807, 2.05) is 6.92 Å². The van der Waals surface area contributed by atoms with Gasteiger partial charge < -0.3 is 15.8 Å². The lowest BCUT2D eigenvalue weighted by Gasteiger charge is -2.14. The highest BCUT2D eigenvalue weighted by molar-refractivity contribution is 6.40. The zero-order valence-electron chi connectivity index (χ0n) is 9.59. The Balaban J connectivity index is 2.85. The second-order valence-electron chi connectivity index (χ2n) is 3.45. The van der Waals surface area contributed by atoms with Gasteiger partial charge in [0, 0.05) is 12.3 Å². The van der Waals surface area contributed by atoms with Crippen molar-refractivity contribution < 1.29 is 9.53 Å². The third-order valence-corrected chi connectivity index (χ3v) is 2.69. The maximum absolute atomic E-state index is 11.7. The molecule has 1 amide bonds. The van der Waals surface area contributed by atoms with Crippen molar-refractivity contribution in [1.82, 2.24) is 0 Å². The quantitative estimate of drug-likeness (QED) is 0.831. The highest BCUT2D eigenvalue weighted by Crippen LogP contribution is 2.32. The Morgan fingerprint density at radius 1 is 1.47 bits per heavy atom. The van der Waals surface area contributed by atoms with Crippen LogP contribution in [0.25, 0.3) is 0 Å². The number of nitrogen functional groups attached to an aromatic ring is 1. The Kier molecular flexibility index (Phi) is 5.05. The molecule has 1 rings (SSSR count). The van der Waals surface area contributed by atoms with Crippen LogP contribution in [-0.2, 0) is 9.53 Å². The zero-order chi connectivity index (χ0) is 13.0. The van der Waals surface area contributed by atoms with Gasteiger partial charge in [0.15, 0.2) is 0 Å². The summed E-state index contributed by atoms with van der Waals surface area (Å²) in [5, 5.41) is 3.20. The molecule has 0 saturated heterocycles. The molecule has 4 nitrogen and oxygen atoms in total. The largest absolute Gasteiger partial charge is 0.399 e. The van der Waals surface area contributed by atoms with E-state index in [2.05, 4.69) is 5.32 Å². The maximum Gasteiger partial charge on any atom is 0.253 e. The van der Waals surface area contributed by atoms with Gasteiger partial charge in [-0.3, -0.25) is 4.79 Å². The third kappa shape index (κ3) is 3.77. The topological polar surface area (TPSA) is 64.3 Å². The van der Waals surface area contributed by atoms with Crippen LogP contribution >= 0.6 is 23.2 Å². The number of benzene rings is 1. The Morgan fingerprint density at radius 2 is 2.00 bits per heavy atom. The van der Waals surface area contributed by atoms with Gasteiger partial charge in [0.1, 0.15) is 6.10 Å². The van der Waals surface area contributed by atoms with Crippen molar-refractivity contribution in [2.24, 2.45) is 0 Å². The summed E-state index contributed by atoms with van der Waals surface area (Å²) in [7, 11) is 0. The summed E-state index contributed by atoms with van der Waals surface area (Å²) in [4.78, 5) is 11.7. The Hall–Kier alpha value is -0.970. The van der Waals surface area contributed by atoms with Crippen molar-refractivity contribution in [1.29, 1.82) is 0 Å². The molecular weight excluding hydrogens is 263 g/mol. The molecule has 0 fully saturated rings. The van der Waals surface area contributed by atoms with E-state index in [1.165, 1.54) is 12.1 Å². The minimum absolute atomic E-state index is 0.298. The van der Waals surface area contributed by atoms with Crippen LogP contribution in [0.1, 0.15) is 13.8 Å². The highest BCUT2D eigenvalue weighted by Gasteiger charge is 2.16. The molecule has 0 aliphatic carbocycles. The highest BCUT2D eigenvalue weighted by atomic mass is 35.5. The van der Waals surface area contributed by atoms with Gasteiger partial charge in [0.05, 0.1) is 15.7 Å². The number of anilines is 2. The summed E-state index contributed by atoms with van der Waals surface area (Å²) in [5.41, 5.74) is 6.35. The Labute approximate surface area is 110 Å². The molecule has 1 aromatic carbocycles. The number of ether oxygens (including phenoxy) is 1. The van der Waals surface area contributed by atoms with E-state index in [-0.39, 0.29) is 5.91 Å². The van der Waals surface area contributed by atoms with E-state index < -0.39 is 6.10 Å². The molecule has 6 heteroatoms. The van der Waals surface area contributed by atoms with Gasteiger partial charge in [-0.05, 0) is 26.0 Å². The number of nitrogens with two attached hydrogens (primary N) is 1. The zero-order valence-corrected chi connectivity index (χ0v) is 11.1. The van der Waals surface area contributed by atoms with Gasteiger partial charge in [-0.15, -0.1) is 0 Å². The molecule has 0 spiro atoms. The van der Waals surface area contributed by atoms with E-state index in [0.717, 1.165) is 0 Å². The predicted molar refractivity (Wildman–Crippen MR) is 70.6 cm³/mol. The van der Waals surface area contributed by atoms with Crippen LogP contribution in [0.4, 0.5) is 11.4 Å². The van der Waals surface area contributed by atoms with Gasteiger partial charge in [-0.2, -0.15) is 0 Å². The number of nitrogens with one attached hydrogen (secondary N) is 1. The normalized spacial score (nSPS) is 12.2. The fourth-order valence-corrected chi connectivity index (χ4v) is 1.86. The third-order valence-electron chi connectivity index (χ3n) is 2.10. The number of amides is 1. The minimum atomic E-state index is -0.565. The fourth-order valence-electron chi connectivity index (χ4n) is 1.26. The molecule has 1 aromatic rings. The van der Waals surface area contributed by atoms with E-state index in [1.54, 1.807) is 6.92 Å². The van der Waals surface area contributed by atoms with E-state index in [4.69, 9.17) is 33.7 Å². The van der Waals surface area contributed by atoms with Crippen molar-refractivity contribution in [3.05, 3.63) is 22.2 Å². The molecular formula is C11H14Cl2N2O2. The summed E-state index contributed by atoms with van der Waals surface area (Å²) in [5.74, 6) is -0.305. The predicted octanol–water partition coefficient (Wildman–Crippen LogP) is 2.94. The second-order valence-corrected chi connectivity index (χ2v) is 4.26. The Morgan fingerprint density at radius 3 is 2.47 bits per heavy atom. The Bertz CT molecular complexity index is 401. The lowest BCUT2D eigenvalue weighted by molar-refractivity contribution is -0.126.